The average molecular weight is 196 g/mol. The highest BCUT2D eigenvalue weighted by atomic mass is 17.2. The molecule has 0 bridgehead atoms. The van der Waals surface area contributed by atoms with Crippen LogP contribution in [0.2, 0.25) is 0 Å². The summed E-state index contributed by atoms with van der Waals surface area (Å²) in [5.41, 5.74) is 1.01. The minimum atomic E-state index is -0.948. The van der Waals surface area contributed by atoms with E-state index in [4.69, 9.17) is 9.99 Å². The highest BCUT2D eigenvalue weighted by Gasteiger charge is 2.09. The van der Waals surface area contributed by atoms with Crippen molar-refractivity contribution in [3.05, 3.63) is 35.4 Å². The lowest BCUT2D eigenvalue weighted by molar-refractivity contribution is -0.303. The van der Waals surface area contributed by atoms with Crippen molar-refractivity contribution in [2.24, 2.45) is 0 Å². The fourth-order valence-corrected chi connectivity index (χ4v) is 1.12. The van der Waals surface area contributed by atoms with Gasteiger partial charge in [0.1, 0.15) is 6.10 Å². The smallest absolute Gasteiger partial charge is 0.335 e. The Labute approximate surface area is 82.0 Å². The van der Waals surface area contributed by atoms with Gasteiger partial charge >= 0.3 is 5.97 Å². The fraction of sp³-hybridized carbons (Fsp3) is 0.300. The molecule has 0 fully saturated rings. The molecule has 0 heterocycles. The Balaban J connectivity index is 2.87. The van der Waals surface area contributed by atoms with Crippen molar-refractivity contribution in [1.29, 1.82) is 0 Å². The zero-order valence-corrected chi connectivity index (χ0v) is 8.06. The van der Waals surface area contributed by atoms with E-state index in [2.05, 4.69) is 4.89 Å². The molecular weight excluding hydrogens is 184 g/mol. The molecular formula is C10H12O4. The summed E-state index contributed by atoms with van der Waals surface area (Å²) in [5, 5.41) is 8.75. The number of hydrogen-bond acceptors (Lipinski definition) is 3. The zero-order valence-electron chi connectivity index (χ0n) is 8.06. The summed E-state index contributed by atoms with van der Waals surface area (Å²) in [6, 6.07) is 6.56. The molecule has 0 saturated heterocycles. The Morgan fingerprint density at radius 3 is 2.79 bits per heavy atom. The summed E-state index contributed by atoms with van der Waals surface area (Å²) < 4.78 is 0. The normalized spacial score (nSPS) is 12.4. The third-order valence-corrected chi connectivity index (χ3v) is 1.84. The van der Waals surface area contributed by atoms with Crippen LogP contribution in [0.1, 0.15) is 28.9 Å². The quantitative estimate of drug-likeness (QED) is 0.591. The number of rotatable bonds is 4. The predicted octanol–water partition coefficient (Wildman–Crippen LogP) is 2.02. The van der Waals surface area contributed by atoms with E-state index in [1.54, 1.807) is 25.1 Å². The van der Waals surface area contributed by atoms with Gasteiger partial charge in [0.15, 0.2) is 0 Å². The molecule has 1 aromatic rings. The second-order valence-electron chi connectivity index (χ2n) is 2.84. The van der Waals surface area contributed by atoms with Crippen LogP contribution in [-0.4, -0.2) is 18.2 Å². The van der Waals surface area contributed by atoms with E-state index in [-0.39, 0.29) is 11.7 Å². The summed E-state index contributed by atoms with van der Waals surface area (Å²) in [7, 11) is 1.41. The van der Waals surface area contributed by atoms with Gasteiger partial charge in [-0.1, -0.05) is 12.1 Å². The second-order valence-corrected chi connectivity index (χ2v) is 2.84. The lowest BCUT2D eigenvalue weighted by Gasteiger charge is -2.10. The molecule has 0 radical (unpaired) electrons. The summed E-state index contributed by atoms with van der Waals surface area (Å²) in [5.74, 6) is -0.948. The van der Waals surface area contributed by atoms with Crippen LogP contribution in [0, 0.1) is 0 Å². The van der Waals surface area contributed by atoms with Gasteiger partial charge in [-0.25, -0.2) is 14.6 Å². The van der Waals surface area contributed by atoms with Crippen LogP contribution in [0.25, 0.3) is 0 Å². The molecule has 1 atom stereocenters. The van der Waals surface area contributed by atoms with Crippen LogP contribution in [-0.2, 0) is 9.78 Å². The first-order valence-electron chi connectivity index (χ1n) is 4.18. The standard InChI is InChI=1S/C10H12O4/c1-7(14-13-2)8-4-3-5-9(6-8)10(11)12/h3-7H,1-2H3,(H,11,12). The maximum atomic E-state index is 10.7. The number of carboxylic acid groups (broad SMARTS) is 1. The highest BCUT2D eigenvalue weighted by Crippen LogP contribution is 2.17. The molecule has 0 saturated carbocycles. The summed E-state index contributed by atoms with van der Waals surface area (Å²) >= 11 is 0. The highest BCUT2D eigenvalue weighted by molar-refractivity contribution is 5.87. The largest absolute Gasteiger partial charge is 0.478 e. The van der Waals surface area contributed by atoms with Crippen LogP contribution in [0.3, 0.4) is 0 Å². The second kappa shape index (κ2) is 4.74. The van der Waals surface area contributed by atoms with E-state index in [0.29, 0.717) is 0 Å². The Morgan fingerprint density at radius 1 is 1.50 bits per heavy atom. The molecule has 1 unspecified atom stereocenters. The average Bonchev–Trinajstić information content (AvgIpc) is 2.18. The molecule has 1 aromatic carbocycles. The van der Waals surface area contributed by atoms with E-state index in [1.807, 2.05) is 0 Å². The molecule has 0 aliphatic heterocycles. The Kier molecular flexibility index (Phi) is 3.62. The van der Waals surface area contributed by atoms with Crippen molar-refractivity contribution in [1.82, 2.24) is 0 Å². The van der Waals surface area contributed by atoms with Gasteiger partial charge in [0.2, 0.25) is 0 Å². The van der Waals surface area contributed by atoms with Gasteiger partial charge in [-0.3, -0.25) is 0 Å². The van der Waals surface area contributed by atoms with Crippen LogP contribution < -0.4 is 0 Å². The number of benzene rings is 1. The zero-order chi connectivity index (χ0) is 10.6. The van der Waals surface area contributed by atoms with Crippen molar-refractivity contribution in [2.75, 3.05) is 7.11 Å². The van der Waals surface area contributed by atoms with E-state index in [0.717, 1.165) is 5.56 Å². The lowest BCUT2D eigenvalue weighted by atomic mass is 10.1. The van der Waals surface area contributed by atoms with Gasteiger partial charge in [-0.05, 0) is 24.6 Å². The molecule has 0 aromatic heterocycles. The molecule has 0 spiro atoms. The van der Waals surface area contributed by atoms with Gasteiger partial charge in [0.05, 0.1) is 12.7 Å². The van der Waals surface area contributed by atoms with Crippen LogP contribution in [0.15, 0.2) is 24.3 Å². The first-order chi connectivity index (χ1) is 6.65. The number of aromatic carboxylic acids is 1. The monoisotopic (exact) mass is 196 g/mol. The minimum absolute atomic E-state index is 0.244. The third kappa shape index (κ3) is 2.55. The van der Waals surface area contributed by atoms with E-state index in [9.17, 15) is 4.79 Å². The fourth-order valence-electron chi connectivity index (χ4n) is 1.12. The topological polar surface area (TPSA) is 55.8 Å². The molecule has 14 heavy (non-hydrogen) atoms. The van der Waals surface area contributed by atoms with Crippen LogP contribution in [0.5, 0.6) is 0 Å². The molecule has 0 aliphatic rings. The van der Waals surface area contributed by atoms with Crippen LogP contribution >= 0.6 is 0 Å². The van der Waals surface area contributed by atoms with Gasteiger partial charge < -0.3 is 5.11 Å². The SMILES string of the molecule is COOC(C)c1cccc(C(=O)O)c1. The predicted molar refractivity (Wildman–Crippen MR) is 49.9 cm³/mol. The summed E-state index contributed by atoms with van der Waals surface area (Å²) in [4.78, 5) is 20.0. The molecule has 0 amide bonds. The summed E-state index contributed by atoms with van der Waals surface area (Å²) in [6.07, 6.45) is -0.278. The van der Waals surface area contributed by atoms with Crippen molar-refractivity contribution < 1.29 is 19.7 Å². The van der Waals surface area contributed by atoms with E-state index < -0.39 is 5.97 Å². The van der Waals surface area contributed by atoms with Crippen molar-refractivity contribution in [3.63, 3.8) is 0 Å². The molecule has 4 heteroatoms. The third-order valence-electron chi connectivity index (χ3n) is 1.84. The Bertz CT molecular complexity index is 322. The summed E-state index contributed by atoms with van der Waals surface area (Å²) in [6.45, 7) is 1.78. The van der Waals surface area contributed by atoms with E-state index in [1.165, 1.54) is 13.2 Å². The maximum absolute atomic E-state index is 10.7. The molecule has 4 nitrogen and oxygen atoms in total. The van der Waals surface area contributed by atoms with Gasteiger partial charge in [0, 0.05) is 0 Å². The van der Waals surface area contributed by atoms with Gasteiger partial charge in [-0.15, -0.1) is 0 Å². The van der Waals surface area contributed by atoms with E-state index >= 15 is 0 Å². The molecule has 1 N–H and O–H groups in total. The van der Waals surface area contributed by atoms with Gasteiger partial charge in [-0.2, -0.15) is 0 Å². The first-order valence-corrected chi connectivity index (χ1v) is 4.18. The molecule has 0 aliphatic carbocycles. The minimum Gasteiger partial charge on any atom is -0.478 e. The lowest BCUT2D eigenvalue weighted by Crippen LogP contribution is -2.02. The Hall–Kier alpha value is -1.39. The number of carboxylic acids is 1. The van der Waals surface area contributed by atoms with Crippen molar-refractivity contribution >= 4 is 5.97 Å². The Morgan fingerprint density at radius 2 is 2.21 bits per heavy atom. The number of carbonyl (C=O) groups is 1. The first kappa shape index (κ1) is 10.7. The maximum Gasteiger partial charge on any atom is 0.335 e. The number of hydrogen-bond donors (Lipinski definition) is 1. The molecule has 1 rings (SSSR count). The van der Waals surface area contributed by atoms with Crippen molar-refractivity contribution in [2.45, 2.75) is 13.0 Å². The van der Waals surface area contributed by atoms with Gasteiger partial charge in [0.25, 0.3) is 0 Å². The molecule has 76 valence electrons. The van der Waals surface area contributed by atoms with Crippen molar-refractivity contribution in [3.8, 4) is 0 Å². The van der Waals surface area contributed by atoms with Crippen LogP contribution in [0.4, 0.5) is 0 Å².